The van der Waals surface area contributed by atoms with Gasteiger partial charge in [0.1, 0.15) is 0 Å². The fourth-order valence-electron chi connectivity index (χ4n) is 2.88. The first kappa shape index (κ1) is 14.2. The highest BCUT2D eigenvalue weighted by atomic mass is 15.3. The topological polar surface area (TPSA) is 19.4 Å². The van der Waals surface area contributed by atoms with Crippen molar-refractivity contribution in [3.63, 3.8) is 0 Å². The second-order valence-corrected chi connectivity index (χ2v) is 5.83. The number of piperazine rings is 1. The third kappa shape index (κ3) is 3.90. The van der Waals surface area contributed by atoms with Gasteiger partial charge >= 0.3 is 0 Å². The molecule has 0 radical (unpaired) electrons. The summed E-state index contributed by atoms with van der Waals surface area (Å²) in [7, 11) is 0. The smallest absolute Gasteiger partial charge is 0.0271 e. The quantitative estimate of drug-likeness (QED) is 0.859. The highest BCUT2D eigenvalue weighted by molar-refractivity contribution is 5.25. The Morgan fingerprint density at radius 3 is 2.14 bits per heavy atom. The lowest BCUT2D eigenvalue weighted by atomic mass is 10.1. The third-order valence-corrected chi connectivity index (χ3v) is 4.28. The molecule has 0 bridgehead atoms. The van der Waals surface area contributed by atoms with E-state index in [1.165, 1.54) is 16.7 Å². The van der Waals surface area contributed by atoms with Gasteiger partial charge < -0.3 is 0 Å². The van der Waals surface area contributed by atoms with Crippen LogP contribution in [0.5, 0.6) is 0 Å². The number of aryl methyl sites for hydroxylation is 1. The molecule has 1 fully saturated rings. The molecule has 3 rings (SSSR count). The summed E-state index contributed by atoms with van der Waals surface area (Å²) in [4.78, 5) is 9.17. The van der Waals surface area contributed by atoms with Crippen molar-refractivity contribution in [2.24, 2.45) is 0 Å². The first-order valence-corrected chi connectivity index (χ1v) is 7.69. The van der Waals surface area contributed by atoms with Crippen LogP contribution in [-0.2, 0) is 13.1 Å². The van der Waals surface area contributed by atoms with E-state index in [0.717, 1.165) is 39.3 Å². The van der Waals surface area contributed by atoms with Crippen LogP contribution in [0.15, 0.2) is 48.8 Å². The molecule has 0 amide bonds. The molecule has 3 nitrogen and oxygen atoms in total. The Labute approximate surface area is 127 Å². The maximum Gasteiger partial charge on any atom is 0.0271 e. The molecule has 0 spiro atoms. The van der Waals surface area contributed by atoms with Gasteiger partial charge in [-0.05, 0) is 35.7 Å². The van der Waals surface area contributed by atoms with Crippen molar-refractivity contribution in [1.29, 1.82) is 0 Å². The Kier molecular flexibility index (Phi) is 4.63. The van der Waals surface area contributed by atoms with Gasteiger partial charge in [-0.1, -0.05) is 24.3 Å². The van der Waals surface area contributed by atoms with Crippen LogP contribution in [0.3, 0.4) is 0 Å². The van der Waals surface area contributed by atoms with Crippen molar-refractivity contribution < 1.29 is 0 Å². The molecule has 0 N–H and O–H groups in total. The largest absolute Gasteiger partial charge is 0.297 e. The monoisotopic (exact) mass is 281 g/mol. The van der Waals surface area contributed by atoms with Gasteiger partial charge in [-0.25, -0.2) is 0 Å². The first-order valence-electron chi connectivity index (χ1n) is 7.69. The minimum absolute atomic E-state index is 1.04. The Morgan fingerprint density at radius 2 is 1.48 bits per heavy atom. The number of aromatic nitrogens is 1. The molecule has 1 aliphatic rings. The lowest BCUT2D eigenvalue weighted by Gasteiger charge is -2.35. The van der Waals surface area contributed by atoms with Crippen LogP contribution >= 0.6 is 0 Å². The highest BCUT2D eigenvalue weighted by Gasteiger charge is 2.17. The molecule has 3 heteroatoms. The summed E-state index contributed by atoms with van der Waals surface area (Å²) >= 11 is 0. The summed E-state index contributed by atoms with van der Waals surface area (Å²) in [5.41, 5.74) is 4.22. The number of pyridine rings is 1. The summed E-state index contributed by atoms with van der Waals surface area (Å²) in [6.45, 7) is 8.92. The Balaban J connectivity index is 1.50. The summed E-state index contributed by atoms with van der Waals surface area (Å²) in [5, 5.41) is 0. The van der Waals surface area contributed by atoms with Crippen LogP contribution in [0.4, 0.5) is 0 Å². The Morgan fingerprint density at radius 1 is 0.857 bits per heavy atom. The van der Waals surface area contributed by atoms with Crippen LogP contribution in [0.25, 0.3) is 0 Å². The van der Waals surface area contributed by atoms with E-state index in [9.17, 15) is 0 Å². The normalized spacial score (nSPS) is 17.0. The number of hydrogen-bond donors (Lipinski definition) is 0. The summed E-state index contributed by atoms with van der Waals surface area (Å²) in [6.07, 6.45) is 3.76. The second-order valence-electron chi connectivity index (χ2n) is 5.83. The van der Waals surface area contributed by atoms with Gasteiger partial charge in [-0.3, -0.25) is 14.8 Å². The SMILES string of the molecule is Cc1ccccc1CN1CCN(Cc2ccncc2)CC1. The maximum absolute atomic E-state index is 4.08. The highest BCUT2D eigenvalue weighted by Crippen LogP contribution is 2.13. The Hall–Kier alpha value is -1.71. The van der Waals surface area contributed by atoms with Crippen molar-refractivity contribution in [3.05, 3.63) is 65.5 Å². The van der Waals surface area contributed by atoms with E-state index in [2.05, 4.69) is 58.1 Å². The molecule has 2 aromatic rings. The molecule has 0 atom stereocenters. The van der Waals surface area contributed by atoms with E-state index in [1.54, 1.807) is 0 Å². The lowest BCUT2D eigenvalue weighted by molar-refractivity contribution is 0.122. The maximum atomic E-state index is 4.08. The van der Waals surface area contributed by atoms with E-state index in [-0.39, 0.29) is 0 Å². The minimum atomic E-state index is 1.04. The Bertz CT molecular complexity index is 560. The van der Waals surface area contributed by atoms with Gasteiger partial charge in [0.15, 0.2) is 0 Å². The van der Waals surface area contributed by atoms with E-state index < -0.39 is 0 Å². The molecular formula is C18H23N3. The van der Waals surface area contributed by atoms with Crippen molar-refractivity contribution in [2.75, 3.05) is 26.2 Å². The fourth-order valence-corrected chi connectivity index (χ4v) is 2.88. The second kappa shape index (κ2) is 6.83. The van der Waals surface area contributed by atoms with Crippen molar-refractivity contribution in [1.82, 2.24) is 14.8 Å². The predicted octanol–water partition coefficient (Wildman–Crippen LogP) is 2.71. The van der Waals surface area contributed by atoms with Gasteiger partial charge in [0.25, 0.3) is 0 Å². The lowest BCUT2D eigenvalue weighted by Crippen LogP contribution is -2.45. The molecule has 1 aromatic heterocycles. The average Bonchev–Trinajstić information content (AvgIpc) is 2.52. The zero-order valence-corrected chi connectivity index (χ0v) is 12.7. The van der Waals surface area contributed by atoms with Gasteiger partial charge in [0, 0.05) is 51.7 Å². The van der Waals surface area contributed by atoms with E-state index in [1.807, 2.05) is 12.4 Å². The van der Waals surface area contributed by atoms with E-state index in [4.69, 9.17) is 0 Å². The van der Waals surface area contributed by atoms with E-state index >= 15 is 0 Å². The zero-order valence-electron chi connectivity index (χ0n) is 12.7. The molecule has 21 heavy (non-hydrogen) atoms. The van der Waals surface area contributed by atoms with Crippen molar-refractivity contribution in [2.45, 2.75) is 20.0 Å². The van der Waals surface area contributed by atoms with Crippen molar-refractivity contribution in [3.8, 4) is 0 Å². The molecule has 1 saturated heterocycles. The van der Waals surface area contributed by atoms with Gasteiger partial charge in [0.2, 0.25) is 0 Å². The predicted molar refractivity (Wildman–Crippen MR) is 86.0 cm³/mol. The standard InChI is InChI=1S/C18H23N3/c1-16-4-2-3-5-18(16)15-21-12-10-20(11-13-21)14-17-6-8-19-9-7-17/h2-9H,10-15H2,1H3. The van der Waals surface area contributed by atoms with Gasteiger partial charge in [-0.15, -0.1) is 0 Å². The van der Waals surface area contributed by atoms with Gasteiger partial charge in [0.05, 0.1) is 0 Å². The average molecular weight is 281 g/mol. The molecule has 0 unspecified atom stereocenters. The van der Waals surface area contributed by atoms with E-state index in [0.29, 0.717) is 0 Å². The summed E-state index contributed by atoms with van der Waals surface area (Å²) < 4.78 is 0. The molecule has 2 heterocycles. The first-order chi connectivity index (χ1) is 10.3. The molecule has 1 aliphatic heterocycles. The van der Waals surface area contributed by atoms with Gasteiger partial charge in [-0.2, -0.15) is 0 Å². The fraction of sp³-hybridized carbons (Fsp3) is 0.389. The molecule has 0 saturated carbocycles. The van der Waals surface area contributed by atoms with Crippen LogP contribution in [0.2, 0.25) is 0 Å². The summed E-state index contributed by atoms with van der Waals surface area (Å²) in [6, 6.07) is 12.9. The number of hydrogen-bond acceptors (Lipinski definition) is 3. The molecule has 0 aliphatic carbocycles. The molecule has 1 aromatic carbocycles. The summed E-state index contributed by atoms with van der Waals surface area (Å²) in [5.74, 6) is 0. The van der Waals surface area contributed by atoms with Crippen LogP contribution < -0.4 is 0 Å². The number of rotatable bonds is 4. The molecule has 110 valence electrons. The number of nitrogens with zero attached hydrogens (tertiary/aromatic N) is 3. The minimum Gasteiger partial charge on any atom is -0.297 e. The van der Waals surface area contributed by atoms with Crippen molar-refractivity contribution >= 4 is 0 Å². The zero-order chi connectivity index (χ0) is 14.5. The van der Waals surface area contributed by atoms with Crippen LogP contribution in [-0.4, -0.2) is 41.0 Å². The number of benzene rings is 1. The molecular weight excluding hydrogens is 258 g/mol. The van der Waals surface area contributed by atoms with Crippen LogP contribution in [0, 0.1) is 6.92 Å². The third-order valence-electron chi connectivity index (χ3n) is 4.28. The van der Waals surface area contributed by atoms with Crippen LogP contribution in [0.1, 0.15) is 16.7 Å².